The van der Waals surface area contributed by atoms with E-state index in [1.54, 1.807) is 35.3 Å². The van der Waals surface area contributed by atoms with E-state index in [0.29, 0.717) is 5.92 Å². The molecule has 0 aromatic heterocycles. The van der Waals surface area contributed by atoms with Gasteiger partial charge in [-0.15, -0.1) is 35.3 Å². The smallest absolute Gasteiger partial charge is 0.303 e. The van der Waals surface area contributed by atoms with Crippen molar-refractivity contribution in [2.24, 2.45) is 5.92 Å². The Morgan fingerprint density at radius 3 is 2.10 bits per heavy atom. The minimum atomic E-state index is -0.688. The van der Waals surface area contributed by atoms with Crippen molar-refractivity contribution in [3.63, 3.8) is 0 Å². The molecule has 2 nitrogen and oxygen atoms in total. The van der Waals surface area contributed by atoms with E-state index in [1.807, 2.05) is 0 Å². The van der Waals surface area contributed by atoms with Crippen molar-refractivity contribution in [3.05, 3.63) is 17.7 Å². The van der Waals surface area contributed by atoms with Crippen LogP contribution in [0.3, 0.4) is 0 Å². The highest BCUT2D eigenvalue weighted by Gasteiger charge is 2.34. The van der Waals surface area contributed by atoms with Crippen molar-refractivity contribution >= 4 is 41.3 Å². The monoisotopic (exact) mass is 328 g/mol. The molecule has 0 saturated heterocycles. The van der Waals surface area contributed by atoms with Crippen molar-refractivity contribution in [3.8, 4) is 0 Å². The fourth-order valence-electron chi connectivity index (χ4n) is 2.56. The van der Waals surface area contributed by atoms with Crippen LogP contribution in [0.2, 0.25) is 0 Å². The molecule has 1 atom stereocenters. The highest BCUT2D eigenvalue weighted by Crippen LogP contribution is 2.47. The van der Waals surface area contributed by atoms with Gasteiger partial charge < -0.3 is 5.11 Å². The Morgan fingerprint density at radius 2 is 1.75 bits per heavy atom. The van der Waals surface area contributed by atoms with Gasteiger partial charge >= 0.3 is 5.97 Å². The van der Waals surface area contributed by atoms with Crippen molar-refractivity contribution in [2.45, 2.75) is 39.9 Å². The van der Waals surface area contributed by atoms with Crippen LogP contribution in [0.25, 0.3) is 0 Å². The number of rotatable bonds is 7. The van der Waals surface area contributed by atoms with E-state index in [4.69, 9.17) is 5.11 Å². The first-order chi connectivity index (χ1) is 9.60. The number of carboxylic acid groups (broad SMARTS) is 1. The highest BCUT2D eigenvalue weighted by atomic mass is 32.2. The maximum Gasteiger partial charge on any atom is 0.303 e. The number of carbonyl (C=O) groups is 1. The molecule has 0 aliphatic heterocycles. The van der Waals surface area contributed by atoms with Crippen molar-refractivity contribution < 1.29 is 9.90 Å². The Morgan fingerprint density at radius 1 is 1.20 bits per heavy atom. The van der Waals surface area contributed by atoms with Gasteiger partial charge in [0.1, 0.15) is 0 Å². The second-order valence-corrected chi connectivity index (χ2v) is 7.51. The lowest BCUT2D eigenvalue weighted by molar-refractivity contribution is -0.137. The zero-order valence-corrected chi connectivity index (χ0v) is 14.5. The van der Waals surface area contributed by atoms with E-state index in [-0.39, 0.29) is 12.3 Å². The van der Waals surface area contributed by atoms with Crippen LogP contribution in [0.1, 0.15) is 30.7 Å². The molecular weight excluding hydrogens is 308 g/mol. The molecule has 1 aromatic rings. The average molecular weight is 329 g/mol. The highest BCUT2D eigenvalue weighted by molar-refractivity contribution is 8.03. The van der Waals surface area contributed by atoms with E-state index >= 15 is 0 Å². The normalized spacial score (nSPS) is 16.1. The molecule has 5 heteroatoms. The molecule has 1 unspecified atom stereocenters. The Bertz CT molecular complexity index is 473. The third-order valence-corrected chi connectivity index (χ3v) is 6.33. The number of aliphatic carboxylic acids is 1. The third-order valence-electron chi connectivity index (χ3n) is 3.70. The number of carboxylic acids is 1. The summed E-state index contributed by atoms with van der Waals surface area (Å²) in [5.74, 6) is 0.0584. The zero-order chi connectivity index (χ0) is 14.7. The van der Waals surface area contributed by atoms with Gasteiger partial charge in [-0.25, -0.2) is 0 Å². The van der Waals surface area contributed by atoms with Gasteiger partial charge in [0.25, 0.3) is 0 Å². The van der Waals surface area contributed by atoms with Crippen LogP contribution in [0.5, 0.6) is 0 Å². The van der Waals surface area contributed by atoms with Crippen LogP contribution >= 0.6 is 35.3 Å². The van der Waals surface area contributed by atoms with Crippen LogP contribution in [-0.4, -0.2) is 29.8 Å². The summed E-state index contributed by atoms with van der Waals surface area (Å²) in [5.41, 5.74) is 1.21. The molecule has 1 fully saturated rings. The SMILES string of the molecule is CSc1cc(C(CC(=O)O)C2CC2)cc(SC)c1SC. The standard InChI is InChI=1S/C15H20O2S3/c1-18-12-6-10(7-13(19-2)15(12)20-3)11(8-14(16)17)9-4-5-9/h6-7,9,11H,4-5,8H2,1-3H3,(H,16,17). The number of thioether (sulfide) groups is 3. The van der Waals surface area contributed by atoms with E-state index < -0.39 is 5.97 Å². The van der Waals surface area contributed by atoms with Gasteiger partial charge in [0.05, 0.1) is 6.42 Å². The second-order valence-electron chi connectivity index (χ2n) is 5.00. The predicted molar refractivity (Wildman–Crippen MR) is 89.5 cm³/mol. The minimum absolute atomic E-state index is 0.181. The van der Waals surface area contributed by atoms with Crippen LogP contribution in [0, 0.1) is 5.92 Å². The van der Waals surface area contributed by atoms with Crippen LogP contribution in [0.15, 0.2) is 26.8 Å². The Kier molecular flexibility index (Phi) is 5.75. The summed E-state index contributed by atoms with van der Waals surface area (Å²) < 4.78 is 0. The van der Waals surface area contributed by atoms with E-state index in [9.17, 15) is 4.79 Å². The fourth-order valence-corrected chi connectivity index (χ4v) is 5.24. The summed E-state index contributed by atoms with van der Waals surface area (Å²) in [7, 11) is 0. The topological polar surface area (TPSA) is 37.3 Å². The van der Waals surface area contributed by atoms with Gasteiger partial charge in [-0.05, 0) is 61.1 Å². The van der Waals surface area contributed by atoms with Crippen molar-refractivity contribution in [1.82, 2.24) is 0 Å². The molecule has 0 radical (unpaired) electrons. The van der Waals surface area contributed by atoms with Gasteiger partial charge in [0.2, 0.25) is 0 Å². The van der Waals surface area contributed by atoms with Crippen molar-refractivity contribution in [1.29, 1.82) is 0 Å². The van der Waals surface area contributed by atoms with E-state index in [0.717, 1.165) is 0 Å². The average Bonchev–Trinajstić information content (AvgIpc) is 3.27. The van der Waals surface area contributed by atoms with E-state index in [2.05, 4.69) is 30.9 Å². The summed E-state index contributed by atoms with van der Waals surface area (Å²) in [4.78, 5) is 15.0. The molecule has 0 heterocycles. The summed E-state index contributed by atoms with van der Waals surface area (Å²) in [6.07, 6.45) is 8.88. The molecule has 2 rings (SSSR count). The summed E-state index contributed by atoms with van der Waals surface area (Å²) in [5, 5.41) is 9.16. The molecule has 1 aliphatic rings. The van der Waals surface area contributed by atoms with Gasteiger partial charge in [-0.3, -0.25) is 4.79 Å². The molecule has 0 bridgehead atoms. The number of benzene rings is 1. The fraction of sp³-hybridized carbons (Fsp3) is 0.533. The molecular formula is C15H20O2S3. The van der Waals surface area contributed by atoms with Crippen LogP contribution in [0.4, 0.5) is 0 Å². The summed E-state index contributed by atoms with van der Waals surface area (Å²) in [6.45, 7) is 0. The minimum Gasteiger partial charge on any atom is -0.481 e. The molecule has 20 heavy (non-hydrogen) atoms. The summed E-state index contributed by atoms with van der Waals surface area (Å²) in [6, 6.07) is 4.42. The van der Waals surface area contributed by atoms with Gasteiger partial charge in [-0.1, -0.05) is 0 Å². The number of hydrogen-bond acceptors (Lipinski definition) is 4. The lowest BCUT2D eigenvalue weighted by Crippen LogP contribution is -2.09. The Hall–Kier alpha value is -0.260. The Labute approximate surface area is 133 Å². The Balaban J connectivity index is 2.41. The molecule has 1 saturated carbocycles. The zero-order valence-electron chi connectivity index (χ0n) is 12.0. The van der Waals surface area contributed by atoms with Gasteiger partial charge in [0, 0.05) is 14.7 Å². The van der Waals surface area contributed by atoms with Gasteiger partial charge in [-0.2, -0.15) is 0 Å². The summed E-state index contributed by atoms with van der Waals surface area (Å²) >= 11 is 5.27. The lowest BCUT2D eigenvalue weighted by Gasteiger charge is -2.19. The first-order valence-electron chi connectivity index (χ1n) is 6.62. The molecule has 0 spiro atoms. The molecule has 1 N–H and O–H groups in total. The van der Waals surface area contributed by atoms with Gasteiger partial charge in [0.15, 0.2) is 0 Å². The molecule has 110 valence electrons. The first-order valence-corrected chi connectivity index (χ1v) is 10.3. The number of hydrogen-bond donors (Lipinski definition) is 1. The maximum atomic E-state index is 11.1. The first kappa shape index (κ1) is 16.1. The quantitative estimate of drug-likeness (QED) is 0.726. The maximum absolute atomic E-state index is 11.1. The van der Waals surface area contributed by atoms with Crippen molar-refractivity contribution in [2.75, 3.05) is 18.8 Å². The van der Waals surface area contributed by atoms with Crippen LogP contribution < -0.4 is 0 Å². The largest absolute Gasteiger partial charge is 0.481 e. The van der Waals surface area contributed by atoms with E-state index in [1.165, 1.54) is 33.1 Å². The molecule has 0 amide bonds. The van der Waals surface area contributed by atoms with Crippen LogP contribution in [-0.2, 0) is 4.79 Å². The second kappa shape index (κ2) is 7.14. The third kappa shape index (κ3) is 3.68. The molecule has 1 aromatic carbocycles. The molecule has 1 aliphatic carbocycles. The lowest BCUT2D eigenvalue weighted by atomic mass is 9.91. The predicted octanol–water partition coefficient (Wildman–Crippen LogP) is 4.82.